The van der Waals surface area contributed by atoms with Crippen molar-refractivity contribution >= 4 is 33.5 Å². The number of nitrogens with two attached hydrogens (primary N) is 2. The fourth-order valence-electron chi connectivity index (χ4n) is 1.29. The van der Waals surface area contributed by atoms with E-state index >= 15 is 0 Å². The van der Waals surface area contributed by atoms with Crippen molar-refractivity contribution in [1.29, 1.82) is 0 Å². The maximum Gasteiger partial charge on any atom is 0.281 e. The minimum Gasteiger partial charge on any atom is -0.384 e. The fourth-order valence-corrected chi connectivity index (χ4v) is 2.00. The van der Waals surface area contributed by atoms with Crippen molar-refractivity contribution in [3.05, 3.63) is 15.9 Å². The van der Waals surface area contributed by atoms with Crippen molar-refractivity contribution in [3.63, 3.8) is 0 Å². The number of rotatable bonds is 1. The monoisotopic (exact) mass is 225 g/mol. The summed E-state index contributed by atoms with van der Waals surface area (Å²) in [4.78, 5) is 22.8. The molecule has 0 spiro atoms. The number of nitrogen functional groups attached to an aromatic ring is 1. The standard InChI is InChI=1S/C7H7N5O2S/c1-12-5(8)2(6(9)13)4-3(7(12)14)10-11-15-4/h8H2,1H3,(H2,9,13). The highest BCUT2D eigenvalue weighted by Gasteiger charge is 2.19. The number of fused-ring (bicyclic) bond motifs is 1. The van der Waals surface area contributed by atoms with Crippen LogP contribution in [0.2, 0.25) is 0 Å². The first-order valence-corrected chi connectivity index (χ1v) is 4.71. The van der Waals surface area contributed by atoms with Crippen LogP contribution in [-0.4, -0.2) is 20.1 Å². The zero-order valence-corrected chi connectivity index (χ0v) is 8.54. The van der Waals surface area contributed by atoms with Gasteiger partial charge in [-0.2, -0.15) is 0 Å². The van der Waals surface area contributed by atoms with Crippen LogP contribution in [-0.2, 0) is 7.05 Å². The van der Waals surface area contributed by atoms with Crippen molar-refractivity contribution in [2.75, 3.05) is 5.73 Å². The molecule has 0 fully saturated rings. The summed E-state index contributed by atoms with van der Waals surface area (Å²) in [5, 5.41) is 3.64. The van der Waals surface area contributed by atoms with E-state index in [1.807, 2.05) is 0 Å². The Morgan fingerprint density at radius 2 is 2.20 bits per heavy atom. The largest absolute Gasteiger partial charge is 0.384 e. The molecule has 15 heavy (non-hydrogen) atoms. The average Bonchev–Trinajstić information content (AvgIpc) is 2.62. The van der Waals surface area contributed by atoms with E-state index in [2.05, 4.69) is 9.59 Å². The maximum absolute atomic E-state index is 11.6. The summed E-state index contributed by atoms with van der Waals surface area (Å²) in [5.41, 5.74) is 10.6. The van der Waals surface area contributed by atoms with E-state index in [-0.39, 0.29) is 22.5 Å². The molecule has 0 bridgehead atoms. The van der Waals surface area contributed by atoms with Gasteiger partial charge in [-0.15, -0.1) is 5.10 Å². The Bertz CT molecular complexity index is 614. The lowest BCUT2D eigenvalue weighted by molar-refractivity contribution is 0.100. The first-order chi connectivity index (χ1) is 7.04. The predicted octanol–water partition coefficient (Wildman–Crippen LogP) is -0.929. The maximum atomic E-state index is 11.6. The lowest BCUT2D eigenvalue weighted by Gasteiger charge is -2.06. The van der Waals surface area contributed by atoms with Gasteiger partial charge in [-0.1, -0.05) is 4.49 Å². The Morgan fingerprint density at radius 3 is 2.80 bits per heavy atom. The second-order valence-electron chi connectivity index (χ2n) is 2.94. The molecule has 1 amide bonds. The fraction of sp³-hybridized carbons (Fsp3) is 0.143. The van der Waals surface area contributed by atoms with Crippen molar-refractivity contribution in [1.82, 2.24) is 14.2 Å². The van der Waals surface area contributed by atoms with Gasteiger partial charge in [-0.25, -0.2) is 0 Å². The molecule has 78 valence electrons. The summed E-state index contributed by atoms with van der Waals surface area (Å²) in [7, 11) is 1.45. The van der Waals surface area contributed by atoms with Gasteiger partial charge in [0.2, 0.25) is 0 Å². The molecular formula is C7H7N5O2S. The van der Waals surface area contributed by atoms with E-state index in [4.69, 9.17) is 11.5 Å². The third-order valence-corrected chi connectivity index (χ3v) is 2.83. The molecule has 0 saturated carbocycles. The number of hydrogen-bond donors (Lipinski definition) is 2. The van der Waals surface area contributed by atoms with E-state index < -0.39 is 5.91 Å². The van der Waals surface area contributed by atoms with Crippen molar-refractivity contribution in [2.45, 2.75) is 0 Å². The third kappa shape index (κ3) is 1.18. The minimum atomic E-state index is -0.695. The van der Waals surface area contributed by atoms with E-state index in [9.17, 15) is 9.59 Å². The molecule has 0 aliphatic heterocycles. The number of amides is 1. The molecule has 0 radical (unpaired) electrons. The second-order valence-corrected chi connectivity index (χ2v) is 3.69. The van der Waals surface area contributed by atoms with Crippen LogP contribution in [0.3, 0.4) is 0 Å². The van der Waals surface area contributed by atoms with Gasteiger partial charge in [0, 0.05) is 7.05 Å². The van der Waals surface area contributed by atoms with Gasteiger partial charge in [-0.05, 0) is 11.5 Å². The van der Waals surface area contributed by atoms with E-state index in [0.29, 0.717) is 4.70 Å². The minimum absolute atomic E-state index is 0.0334. The zero-order valence-electron chi connectivity index (χ0n) is 7.72. The van der Waals surface area contributed by atoms with Crippen LogP contribution in [0.1, 0.15) is 10.4 Å². The lowest BCUT2D eigenvalue weighted by atomic mass is 10.2. The van der Waals surface area contributed by atoms with Crippen LogP contribution >= 0.6 is 11.5 Å². The lowest BCUT2D eigenvalue weighted by Crippen LogP contribution is -2.25. The average molecular weight is 225 g/mol. The molecule has 4 N–H and O–H groups in total. The molecule has 0 atom stereocenters. The SMILES string of the molecule is Cn1c(N)c(C(N)=O)c2snnc2c1=O. The van der Waals surface area contributed by atoms with Crippen LogP contribution in [0.4, 0.5) is 5.82 Å². The number of aromatic nitrogens is 3. The Hall–Kier alpha value is -1.96. The highest BCUT2D eigenvalue weighted by atomic mass is 32.1. The van der Waals surface area contributed by atoms with Gasteiger partial charge in [-0.3, -0.25) is 14.2 Å². The molecule has 0 aliphatic rings. The first-order valence-electron chi connectivity index (χ1n) is 3.94. The van der Waals surface area contributed by atoms with Gasteiger partial charge in [0.25, 0.3) is 11.5 Å². The number of anilines is 1. The summed E-state index contributed by atoms with van der Waals surface area (Å²) < 4.78 is 5.07. The summed E-state index contributed by atoms with van der Waals surface area (Å²) >= 11 is 0.924. The van der Waals surface area contributed by atoms with Gasteiger partial charge in [0.05, 0.1) is 4.70 Å². The second kappa shape index (κ2) is 3.02. The summed E-state index contributed by atoms with van der Waals surface area (Å²) in [6.45, 7) is 0. The smallest absolute Gasteiger partial charge is 0.281 e. The zero-order chi connectivity index (χ0) is 11.2. The molecule has 2 aromatic rings. The Kier molecular flexibility index (Phi) is 1.93. The van der Waals surface area contributed by atoms with Crippen LogP contribution in [0, 0.1) is 0 Å². The van der Waals surface area contributed by atoms with Gasteiger partial charge in [0.15, 0.2) is 5.52 Å². The van der Waals surface area contributed by atoms with Crippen molar-refractivity contribution in [3.8, 4) is 0 Å². The molecule has 2 heterocycles. The molecule has 2 rings (SSSR count). The quantitative estimate of drug-likeness (QED) is 0.650. The van der Waals surface area contributed by atoms with Gasteiger partial charge >= 0.3 is 0 Å². The number of pyridine rings is 1. The number of nitrogens with zero attached hydrogens (tertiary/aromatic N) is 3. The molecule has 2 aromatic heterocycles. The predicted molar refractivity (Wildman–Crippen MR) is 55.6 cm³/mol. The molecule has 0 unspecified atom stereocenters. The summed E-state index contributed by atoms with van der Waals surface area (Å²) in [5.74, 6) is -0.662. The highest BCUT2D eigenvalue weighted by molar-refractivity contribution is 7.13. The molecule has 0 saturated heterocycles. The molecule has 7 nitrogen and oxygen atoms in total. The van der Waals surface area contributed by atoms with Crippen LogP contribution in [0.25, 0.3) is 10.2 Å². The van der Waals surface area contributed by atoms with Crippen molar-refractivity contribution < 1.29 is 4.79 Å². The number of carbonyl (C=O) groups excluding carboxylic acids is 1. The Morgan fingerprint density at radius 1 is 1.53 bits per heavy atom. The Labute approximate surface area is 87.5 Å². The summed E-state index contributed by atoms with van der Waals surface area (Å²) in [6, 6.07) is 0. The van der Waals surface area contributed by atoms with Crippen LogP contribution in [0.15, 0.2) is 4.79 Å². The number of primary amides is 1. The summed E-state index contributed by atoms with van der Waals surface area (Å²) in [6.07, 6.45) is 0. The first kappa shape index (κ1) is 9.59. The molecule has 0 aromatic carbocycles. The molecule has 0 aliphatic carbocycles. The normalized spacial score (nSPS) is 10.7. The molecule has 8 heteroatoms. The van der Waals surface area contributed by atoms with Crippen molar-refractivity contribution in [2.24, 2.45) is 12.8 Å². The van der Waals surface area contributed by atoms with E-state index in [0.717, 1.165) is 16.1 Å². The van der Waals surface area contributed by atoms with Gasteiger partial charge < -0.3 is 11.5 Å². The van der Waals surface area contributed by atoms with Crippen LogP contribution < -0.4 is 17.0 Å². The van der Waals surface area contributed by atoms with Crippen LogP contribution in [0.5, 0.6) is 0 Å². The highest BCUT2D eigenvalue weighted by Crippen LogP contribution is 2.21. The molecular weight excluding hydrogens is 218 g/mol. The Balaban J connectivity index is 3.08. The number of carbonyl (C=O) groups is 1. The van der Waals surface area contributed by atoms with Gasteiger partial charge in [0.1, 0.15) is 11.4 Å². The third-order valence-electron chi connectivity index (χ3n) is 2.09. The topological polar surface area (TPSA) is 117 Å². The van der Waals surface area contributed by atoms with E-state index in [1.165, 1.54) is 7.05 Å². The van der Waals surface area contributed by atoms with E-state index in [1.54, 1.807) is 0 Å². The number of hydrogen-bond acceptors (Lipinski definition) is 6.